The zero-order chi connectivity index (χ0) is 17.6. The molecule has 1 fully saturated rings. The van der Waals surface area contributed by atoms with Crippen LogP contribution >= 0.6 is 0 Å². The molecule has 0 aliphatic carbocycles. The van der Waals surface area contributed by atoms with E-state index < -0.39 is 15.7 Å². The van der Waals surface area contributed by atoms with E-state index >= 15 is 0 Å². The van der Waals surface area contributed by atoms with E-state index in [1.54, 1.807) is 12.1 Å². The molecule has 6 heteroatoms. The summed E-state index contributed by atoms with van der Waals surface area (Å²) in [5, 5.41) is 7.02. The van der Waals surface area contributed by atoms with Gasteiger partial charge in [0.25, 0.3) is 0 Å². The van der Waals surface area contributed by atoms with Gasteiger partial charge in [-0.05, 0) is 74.3 Å². The summed E-state index contributed by atoms with van der Waals surface area (Å²) in [6, 6.07) is 11.0. The minimum atomic E-state index is -3.65. The molecule has 0 bridgehead atoms. The van der Waals surface area contributed by atoms with Gasteiger partial charge in [0, 0.05) is 23.7 Å². The van der Waals surface area contributed by atoms with Crippen LogP contribution in [-0.4, -0.2) is 27.0 Å². The van der Waals surface area contributed by atoms with E-state index in [9.17, 15) is 12.8 Å². The second-order valence-electron chi connectivity index (χ2n) is 6.94. The summed E-state index contributed by atoms with van der Waals surface area (Å²) in [5.41, 5.74) is 2.10. The summed E-state index contributed by atoms with van der Waals surface area (Å²) in [6.07, 6.45) is 1.99. The number of anilines is 1. The number of nitrogens with one attached hydrogen (secondary N) is 2. The lowest BCUT2D eigenvalue weighted by atomic mass is 9.89. The minimum absolute atomic E-state index is 0.118. The van der Waals surface area contributed by atoms with Crippen LogP contribution in [0.2, 0.25) is 0 Å². The van der Waals surface area contributed by atoms with Gasteiger partial charge in [0.1, 0.15) is 5.82 Å². The van der Waals surface area contributed by atoms with Gasteiger partial charge in [0.05, 0.1) is 9.79 Å². The maximum atomic E-state index is 13.1. The molecule has 4 rings (SSSR count). The highest BCUT2D eigenvalue weighted by Crippen LogP contribution is 2.42. The number of fused-ring (bicyclic) bond motifs is 3. The van der Waals surface area contributed by atoms with Gasteiger partial charge in [-0.1, -0.05) is 0 Å². The number of rotatable bonds is 2. The van der Waals surface area contributed by atoms with Crippen molar-refractivity contribution in [3.8, 4) is 0 Å². The zero-order valence-electron chi connectivity index (χ0n) is 14.0. The van der Waals surface area contributed by atoms with Gasteiger partial charge in [0.2, 0.25) is 9.84 Å². The van der Waals surface area contributed by atoms with E-state index in [4.69, 9.17) is 0 Å². The second kappa shape index (κ2) is 6.11. The molecule has 2 aromatic carbocycles. The van der Waals surface area contributed by atoms with E-state index in [1.165, 1.54) is 24.3 Å². The van der Waals surface area contributed by atoms with Gasteiger partial charge in [-0.25, -0.2) is 12.8 Å². The van der Waals surface area contributed by atoms with Gasteiger partial charge in [0.15, 0.2) is 0 Å². The van der Waals surface area contributed by atoms with Crippen molar-refractivity contribution in [1.82, 2.24) is 5.32 Å². The average Bonchev–Trinajstić information content (AvgIpc) is 2.81. The highest BCUT2D eigenvalue weighted by atomic mass is 32.2. The molecule has 0 spiro atoms. The minimum Gasteiger partial charge on any atom is -0.381 e. The first kappa shape index (κ1) is 16.5. The molecule has 0 saturated carbocycles. The van der Waals surface area contributed by atoms with E-state index in [0.717, 1.165) is 30.6 Å². The molecule has 0 aromatic heterocycles. The highest BCUT2D eigenvalue weighted by molar-refractivity contribution is 7.91. The fourth-order valence-corrected chi connectivity index (χ4v) is 5.22. The molecule has 3 atom stereocenters. The van der Waals surface area contributed by atoms with Crippen LogP contribution in [0.15, 0.2) is 52.3 Å². The van der Waals surface area contributed by atoms with Crippen molar-refractivity contribution >= 4 is 15.5 Å². The van der Waals surface area contributed by atoms with Crippen LogP contribution < -0.4 is 10.6 Å². The highest BCUT2D eigenvalue weighted by Gasteiger charge is 2.35. The normalized spacial score (nSPS) is 25.6. The number of hydrogen-bond acceptors (Lipinski definition) is 4. The predicted octanol–water partition coefficient (Wildman–Crippen LogP) is 3.31. The van der Waals surface area contributed by atoms with E-state index in [2.05, 4.69) is 17.6 Å². The molecule has 132 valence electrons. The molecule has 4 nitrogen and oxygen atoms in total. The molecule has 2 heterocycles. The maximum Gasteiger partial charge on any atom is 0.206 e. The van der Waals surface area contributed by atoms with Crippen molar-refractivity contribution < 1.29 is 12.8 Å². The summed E-state index contributed by atoms with van der Waals surface area (Å²) >= 11 is 0. The summed E-state index contributed by atoms with van der Waals surface area (Å²) in [7, 11) is -3.65. The smallest absolute Gasteiger partial charge is 0.206 e. The quantitative estimate of drug-likeness (QED) is 0.807. The van der Waals surface area contributed by atoms with E-state index in [0.29, 0.717) is 18.0 Å². The largest absolute Gasteiger partial charge is 0.381 e. The molecule has 2 unspecified atom stereocenters. The summed E-state index contributed by atoms with van der Waals surface area (Å²) in [6.45, 7) is 3.13. The predicted molar refractivity (Wildman–Crippen MR) is 95.1 cm³/mol. The van der Waals surface area contributed by atoms with Crippen molar-refractivity contribution in [3.05, 3.63) is 53.8 Å². The van der Waals surface area contributed by atoms with E-state index in [1.807, 2.05) is 6.07 Å². The van der Waals surface area contributed by atoms with Gasteiger partial charge >= 0.3 is 0 Å². The molecular weight excluding hydrogens is 339 g/mol. The molecular formula is C19H21FN2O2S. The summed E-state index contributed by atoms with van der Waals surface area (Å²) in [4.78, 5) is 0.387. The molecule has 2 aromatic rings. The monoisotopic (exact) mass is 360 g/mol. The van der Waals surface area contributed by atoms with Crippen LogP contribution in [0.5, 0.6) is 0 Å². The number of halogens is 1. The van der Waals surface area contributed by atoms with Crippen LogP contribution in [0.1, 0.15) is 31.2 Å². The lowest BCUT2D eigenvalue weighted by Gasteiger charge is -2.18. The Morgan fingerprint density at radius 2 is 1.80 bits per heavy atom. The van der Waals surface area contributed by atoms with Crippen molar-refractivity contribution in [2.24, 2.45) is 0 Å². The zero-order valence-corrected chi connectivity index (χ0v) is 14.8. The molecule has 2 N–H and O–H groups in total. The molecule has 1 saturated heterocycles. The first-order valence-corrected chi connectivity index (χ1v) is 10.1. The molecule has 2 aliphatic rings. The Morgan fingerprint density at radius 1 is 1.08 bits per heavy atom. The van der Waals surface area contributed by atoms with Gasteiger partial charge in [-0.15, -0.1) is 0 Å². The number of benzene rings is 2. The Morgan fingerprint density at radius 3 is 2.56 bits per heavy atom. The third-order valence-electron chi connectivity index (χ3n) is 5.24. The van der Waals surface area contributed by atoms with Crippen molar-refractivity contribution in [3.63, 3.8) is 0 Å². The SMILES string of the molecule is CC1C[C@H]2c3cc(S(=O)(=O)c4ccc(F)cc4)ccc3NC2CCN1. The Labute approximate surface area is 147 Å². The number of sulfone groups is 1. The molecule has 0 radical (unpaired) electrons. The Balaban J connectivity index is 1.73. The second-order valence-corrected chi connectivity index (χ2v) is 8.89. The van der Waals surface area contributed by atoms with Crippen molar-refractivity contribution in [2.45, 2.75) is 47.6 Å². The molecule has 2 aliphatic heterocycles. The van der Waals surface area contributed by atoms with Crippen molar-refractivity contribution in [1.29, 1.82) is 0 Å². The van der Waals surface area contributed by atoms with Crippen LogP contribution in [0.3, 0.4) is 0 Å². The number of hydrogen-bond donors (Lipinski definition) is 2. The summed E-state index contributed by atoms with van der Waals surface area (Å²) in [5.74, 6) is -0.136. The van der Waals surface area contributed by atoms with Crippen molar-refractivity contribution in [2.75, 3.05) is 11.9 Å². The Hall–Kier alpha value is -1.92. The van der Waals surface area contributed by atoms with Gasteiger partial charge < -0.3 is 10.6 Å². The summed E-state index contributed by atoms with van der Waals surface area (Å²) < 4.78 is 38.9. The Kier molecular flexibility index (Phi) is 4.04. The first-order valence-electron chi connectivity index (χ1n) is 8.59. The third kappa shape index (κ3) is 2.93. The van der Waals surface area contributed by atoms with Gasteiger partial charge in [-0.2, -0.15) is 0 Å². The van der Waals surface area contributed by atoms with Crippen LogP contribution in [0.25, 0.3) is 0 Å². The molecule has 0 amide bonds. The fourth-order valence-electron chi connectivity index (χ4n) is 3.93. The third-order valence-corrected chi connectivity index (χ3v) is 7.01. The standard InChI is InChI=1S/C19H21FN2O2S/c1-12-10-16-17-11-15(6-7-18(17)22-19(16)8-9-21-12)25(23,24)14-4-2-13(20)3-5-14/h2-7,11-12,16,19,21-22H,8-10H2,1H3/t12?,16-,19?/m0/s1. The van der Waals surface area contributed by atoms with Crippen LogP contribution in [0.4, 0.5) is 10.1 Å². The van der Waals surface area contributed by atoms with Crippen LogP contribution in [0, 0.1) is 5.82 Å². The topological polar surface area (TPSA) is 58.2 Å². The lowest BCUT2D eigenvalue weighted by Crippen LogP contribution is -2.25. The van der Waals surface area contributed by atoms with Crippen LogP contribution in [-0.2, 0) is 9.84 Å². The average molecular weight is 360 g/mol. The van der Waals surface area contributed by atoms with Gasteiger partial charge in [-0.3, -0.25) is 0 Å². The molecule has 25 heavy (non-hydrogen) atoms. The lowest BCUT2D eigenvalue weighted by molar-refractivity contribution is 0.511. The van der Waals surface area contributed by atoms with E-state index in [-0.39, 0.29) is 9.79 Å². The fraction of sp³-hybridized carbons (Fsp3) is 0.368. The first-order chi connectivity index (χ1) is 11.9. The maximum absolute atomic E-state index is 13.1. The Bertz CT molecular complexity index is 896.